The molecule has 0 saturated carbocycles. The number of H-pyrrole nitrogens is 1. The minimum Gasteiger partial charge on any atom is -0.366 e. The number of nitrogens with one attached hydrogen (secondary N) is 2. The van der Waals surface area contributed by atoms with Crippen molar-refractivity contribution in [3.8, 4) is 17.3 Å². The van der Waals surface area contributed by atoms with Crippen molar-refractivity contribution in [3.05, 3.63) is 113 Å². The molecule has 0 saturated heterocycles. The molecule has 1 heterocycles. The van der Waals surface area contributed by atoms with Gasteiger partial charge in [0.05, 0.1) is 29.6 Å². The summed E-state index contributed by atoms with van der Waals surface area (Å²) in [6, 6.07) is 23.6. The average Bonchev–Trinajstić information content (AvgIpc) is 3.39. The highest BCUT2D eigenvalue weighted by atomic mass is 16.2. The summed E-state index contributed by atoms with van der Waals surface area (Å²) in [4.78, 5) is 32.5. The van der Waals surface area contributed by atoms with E-state index in [2.05, 4.69) is 21.4 Å². The van der Waals surface area contributed by atoms with E-state index in [1.54, 1.807) is 48.7 Å². The van der Waals surface area contributed by atoms with Gasteiger partial charge in [-0.25, -0.2) is 4.98 Å². The molecule has 3 aromatic carbocycles. The van der Waals surface area contributed by atoms with Gasteiger partial charge in [0.1, 0.15) is 5.82 Å². The number of primary amides is 1. The van der Waals surface area contributed by atoms with Crippen LogP contribution in [0.3, 0.4) is 0 Å². The highest BCUT2D eigenvalue weighted by Gasteiger charge is 2.21. The number of aryl methyl sites for hydroxylation is 1. The number of nitrogens with two attached hydrogens (primary N) is 1. The van der Waals surface area contributed by atoms with Gasteiger partial charge in [0.25, 0.3) is 5.91 Å². The fourth-order valence-electron chi connectivity index (χ4n) is 3.95. The zero-order valence-corrected chi connectivity index (χ0v) is 19.3. The Morgan fingerprint density at radius 3 is 2.49 bits per heavy atom. The molecule has 4 rings (SSSR count). The van der Waals surface area contributed by atoms with Crippen LogP contribution >= 0.6 is 0 Å². The van der Waals surface area contributed by atoms with E-state index in [0.29, 0.717) is 35.4 Å². The number of nitriles is 1. The summed E-state index contributed by atoms with van der Waals surface area (Å²) in [6.45, 7) is 1.96. The first-order valence-electron chi connectivity index (χ1n) is 11.3. The number of carbonyl (C=O) groups is 2. The molecule has 4 aromatic rings. The third-order valence-electron chi connectivity index (χ3n) is 5.85. The molecule has 0 spiro atoms. The van der Waals surface area contributed by atoms with E-state index in [9.17, 15) is 14.9 Å². The van der Waals surface area contributed by atoms with Crippen LogP contribution in [-0.2, 0) is 12.8 Å². The summed E-state index contributed by atoms with van der Waals surface area (Å²) in [5.41, 5.74) is 10.3. The Hall–Kier alpha value is -4.70. The van der Waals surface area contributed by atoms with Crippen LogP contribution in [0, 0.1) is 11.3 Å². The molecule has 4 N–H and O–H groups in total. The van der Waals surface area contributed by atoms with E-state index in [1.807, 2.05) is 37.3 Å². The first-order chi connectivity index (χ1) is 17.0. The Morgan fingerprint density at radius 1 is 1.09 bits per heavy atom. The molecule has 7 nitrogen and oxygen atoms in total. The van der Waals surface area contributed by atoms with Gasteiger partial charge in [-0.1, -0.05) is 49.4 Å². The summed E-state index contributed by atoms with van der Waals surface area (Å²) >= 11 is 0. The Morgan fingerprint density at radius 2 is 1.83 bits per heavy atom. The number of aromatic amines is 1. The molecular weight excluding hydrogens is 438 g/mol. The topological polar surface area (TPSA) is 125 Å². The van der Waals surface area contributed by atoms with Crippen LogP contribution in [0.15, 0.2) is 79.0 Å². The second kappa shape index (κ2) is 10.5. The molecule has 1 aromatic heterocycles. The van der Waals surface area contributed by atoms with Crippen molar-refractivity contribution in [3.63, 3.8) is 0 Å². The van der Waals surface area contributed by atoms with Crippen LogP contribution in [0.1, 0.15) is 56.2 Å². The molecule has 1 atom stereocenters. The summed E-state index contributed by atoms with van der Waals surface area (Å²) in [5.74, 6) is -0.0966. The number of benzene rings is 3. The number of rotatable bonds is 8. The predicted octanol–water partition coefficient (Wildman–Crippen LogP) is 4.32. The highest BCUT2D eigenvalue weighted by molar-refractivity contribution is 5.96. The lowest BCUT2D eigenvalue weighted by atomic mass is 10.00. The smallest absolute Gasteiger partial charge is 0.252 e. The van der Waals surface area contributed by atoms with E-state index in [-0.39, 0.29) is 5.91 Å². The summed E-state index contributed by atoms with van der Waals surface area (Å²) in [6.07, 6.45) is 2.88. The minimum atomic E-state index is -0.485. The highest BCUT2D eigenvalue weighted by Crippen LogP contribution is 2.23. The van der Waals surface area contributed by atoms with Crippen LogP contribution in [0.2, 0.25) is 0 Å². The summed E-state index contributed by atoms with van der Waals surface area (Å²) in [7, 11) is 0. The quantitative estimate of drug-likeness (QED) is 0.360. The molecule has 1 unspecified atom stereocenters. The zero-order valence-electron chi connectivity index (χ0n) is 19.3. The molecule has 0 aliphatic carbocycles. The van der Waals surface area contributed by atoms with E-state index >= 15 is 0 Å². The van der Waals surface area contributed by atoms with Gasteiger partial charge in [-0.3, -0.25) is 9.59 Å². The van der Waals surface area contributed by atoms with E-state index in [1.165, 1.54) is 0 Å². The molecule has 7 heteroatoms. The number of imidazole rings is 1. The lowest BCUT2D eigenvalue weighted by Gasteiger charge is -2.18. The summed E-state index contributed by atoms with van der Waals surface area (Å²) in [5, 5.41) is 12.3. The van der Waals surface area contributed by atoms with Crippen molar-refractivity contribution in [2.24, 2.45) is 5.73 Å². The number of carbonyl (C=O) groups excluding carboxylic acids is 2. The number of nitrogens with zero attached hydrogens (tertiary/aromatic N) is 2. The number of amides is 2. The molecule has 35 heavy (non-hydrogen) atoms. The third-order valence-corrected chi connectivity index (χ3v) is 5.85. The van der Waals surface area contributed by atoms with Crippen molar-refractivity contribution in [1.29, 1.82) is 5.26 Å². The Kier molecular flexibility index (Phi) is 7.03. The van der Waals surface area contributed by atoms with Crippen LogP contribution in [0.5, 0.6) is 0 Å². The first-order valence-corrected chi connectivity index (χ1v) is 11.3. The Labute approximate surface area is 203 Å². The molecule has 0 aliphatic heterocycles. The predicted molar refractivity (Wildman–Crippen MR) is 133 cm³/mol. The minimum absolute atomic E-state index is 0.226. The van der Waals surface area contributed by atoms with Crippen molar-refractivity contribution >= 4 is 11.8 Å². The SMILES string of the molecule is CCc1cc(C#N)ccc1C(=O)NC(Cc1ccccc1)c1ncc(-c2ccc(C(N)=O)cc2)[nH]1. The van der Waals surface area contributed by atoms with Gasteiger partial charge >= 0.3 is 0 Å². The zero-order chi connectivity index (χ0) is 24.8. The molecule has 2 amide bonds. The van der Waals surface area contributed by atoms with Gasteiger partial charge in [0.2, 0.25) is 5.91 Å². The third kappa shape index (κ3) is 5.45. The van der Waals surface area contributed by atoms with E-state index in [0.717, 1.165) is 22.4 Å². The maximum Gasteiger partial charge on any atom is 0.252 e. The van der Waals surface area contributed by atoms with Crippen LogP contribution < -0.4 is 11.1 Å². The molecule has 0 bridgehead atoms. The van der Waals surface area contributed by atoms with Crippen LogP contribution in [-0.4, -0.2) is 21.8 Å². The van der Waals surface area contributed by atoms with Crippen molar-refractivity contribution in [2.45, 2.75) is 25.8 Å². The fraction of sp³-hybridized carbons (Fsp3) is 0.143. The maximum atomic E-state index is 13.3. The van der Waals surface area contributed by atoms with Crippen molar-refractivity contribution in [1.82, 2.24) is 15.3 Å². The summed E-state index contributed by atoms with van der Waals surface area (Å²) < 4.78 is 0. The molecule has 174 valence electrons. The molecular formula is C28H25N5O2. The first kappa shape index (κ1) is 23.5. The van der Waals surface area contributed by atoms with Gasteiger partial charge in [0.15, 0.2) is 0 Å². The Bertz CT molecular complexity index is 1390. The van der Waals surface area contributed by atoms with Crippen molar-refractivity contribution < 1.29 is 9.59 Å². The average molecular weight is 464 g/mol. The Balaban J connectivity index is 1.63. The monoisotopic (exact) mass is 463 g/mol. The number of hydrogen-bond acceptors (Lipinski definition) is 4. The largest absolute Gasteiger partial charge is 0.366 e. The maximum absolute atomic E-state index is 13.3. The van der Waals surface area contributed by atoms with Gasteiger partial charge in [-0.2, -0.15) is 5.26 Å². The standard InChI is InChI=1S/C28H25N5O2/c1-2-20-14-19(16-29)8-13-23(20)28(35)33-24(15-18-6-4-3-5-7-18)27-31-17-25(32-27)21-9-11-22(12-10-21)26(30)34/h3-14,17,24H,2,15H2,1H3,(H2,30,34)(H,31,32)(H,33,35). The second-order valence-corrected chi connectivity index (χ2v) is 8.18. The molecule has 0 aliphatic rings. The van der Waals surface area contributed by atoms with Gasteiger partial charge in [0, 0.05) is 11.1 Å². The number of hydrogen-bond donors (Lipinski definition) is 3. The van der Waals surface area contributed by atoms with Crippen LogP contribution in [0.25, 0.3) is 11.3 Å². The second-order valence-electron chi connectivity index (χ2n) is 8.18. The van der Waals surface area contributed by atoms with Crippen LogP contribution in [0.4, 0.5) is 0 Å². The normalized spacial score (nSPS) is 11.4. The van der Waals surface area contributed by atoms with Gasteiger partial charge < -0.3 is 16.0 Å². The van der Waals surface area contributed by atoms with Crippen molar-refractivity contribution in [2.75, 3.05) is 0 Å². The van der Waals surface area contributed by atoms with E-state index < -0.39 is 11.9 Å². The number of aromatic nitrogens is 2. The molecule has 0 fully saturated rings. The van der Waals surface area contributed by atoms with Gasteiger partial charge in [-0.05, 0) is 59.9 Å². The lowest BCUT2D eigenvalue weighted by molar-refractivity contribution is 0.0933. The van der Waals surface area contributed by atoms with E-state index in [4.69, 9.17) is 5.73 Å². The molecule has 0 radical (unpaired) electrons. The van der Waals surface area contributed by atoms with Gasteiger partial charge in [-0.15, -0.1) is 0 Å². The fourth-order valence-corrected chi connectivity index (χ4v) is 3.95. The lowest BCUT2D eigenvalue weighted by Crippen LogP contribution is -2.31.